The number of ether oxygens (including phenoxy) is 4. The molecule has 8 nitrogen and oxygen atoms in total. The van der Waals surface area contributed by atoms with Gasteiger partial charge < -0.3 is 24.3 Å². The van der Waals surface area contributed by atoms with Crippen LogP contribution in [0.5, 0.6) is 17.5 Å². The Kier molecular flexibility index (Phi) is 6.02. The molecule has 6 rings (SSSR count). The molecule has 182 valence electrons. The molecule has 0 spiro atoms. The van der Waals surface area contributed by atoms with Crippen LogP contribution in [0.3, 0.4) is 0 Å². The minimum absolute atomic E-state index is 0.0256. The van der Waals surface area contributed by atoms with Crippen LogP contribution in [0.1, 0.15) is 38.3 Å². The Morgan fingerprint density at radius 3 is 2.62 bits per heavy atom. The number of nitrogens with zero attached hydrogens (tertiary/aromatic N) is 2. The number of benzene rings is 1. The molecule has 0 saturated carbocycles. The molecule has 1 aromatic carbocycles. The first kappa shape index (κ1) is 22.8. The number of carbonyl (C=O) groups is 1. The highest BCUT2D eigenvalue weighted by molar-refractivity contribution is 5.72. The highest BCUT2D eigenvalue weighted by Crippen LogP contribution is 2.45. The van der Waals surface area contributed by atoms with E-state index in [9.17, 15) is 4.79 Å². The zero-order chi connectivity index (χ0) is 23.9. The van der Waals surface area contributed by atoms with Crippen molar-refractivity contribution in [1.82, 2.24) is 15.2 Å². The van der Waals surface area contributed by atoms with Gasteiger partial charge in [-0.25, -0.2) is 4.79 Å². The van der Waals surface area contributed by atoms with Gasteiger partial charge in [-0.2, -0.15) is 4.98 Å². The van der Waals surface area contributed by atoms with Crippen LogP contribution in [0.4, 0.5) is 4.79 Å². The summed E-state index contributed by atoms with van der Waals surface area (Å²) in [5.41, 5.74) is 2.40. The van der Waals surface area contributed by atoms with Crippen molar-refractivity contribution < 1.29 is 23.7 Å². The van der Waals surface area contributed by atoms with Crippen LogP contribution in [0, 0.1) is 11.3 Å². The number of fused-ring (bicyclic) bond motifs is 4. The molecule has 4 aliphatic heterocycles. The average molecular weight is 468 g/mol. The Balaban J connectivity index is 1.37. The summed E-state index contributed by atoms with van der Waals surface area (Å²) in [4.78, 5) is 19.7. The number of rotatable bonds is 5. The first-order valence-corrected chi connectivity index (χ1v) is 11.9. The number of aromatic nitrogens is 1. The number of hydrogen-bond acceptors (Lipinski definition) is 7. The van der Waals surface area contributed by atoms with Gasteiger partial charge in [0.05, 0.1) is 26.9 Å². The summed E-state index contributed by atoms with van der Waals surface area (Å²) in [7, 11) is 3.16. The van der Waals surface area contributed by atoms with Gasteiger partial charge in [-0.1, -0.05) is 26.0 Å². The summed E-state index contributed by atoms with van der Waals surface area (Å²) in [6, 6.07) is 9.48. The van der Waals surface area contributed by atoms with Crippen molar-refractivity contribution >= 4 is 6.09 Å². The standard InChI is InChI=1S/C26H33N3O5/c1-26(2)15-33-20-13-17(18-7-8-22(31-3)27-24(18)32-4)5-6-19(20)23(26)28-25(30)34-21-14-29-11-9-16(21)10-12-29/h5-8,13,16,21,23H,9-12,14-15H2,1-4H3,(H,28,30)/t21-,23?/m1/s1. The maximum absolute atomic E-state index is 13.0. The monoisotopic (exact) mass is 467 g/mol. The fourth-order valence-corrected chi connectivity index (χ4v) is 5.35. The van der Waals surface area contributed by atoms with Crippen LogP contribution in [0.2, 0.25) is 0 Å². The van der Waals surface area contributed by atoms with E-state index in [1.54, 1.807) is 20.3 Å². The third kappa shape index (κ3) is 4.27. The Morgan fingerprint density at radius 1 is 1.15 bits per heavy atom. The Bertz CT molecular complexity index is 1060. The molecule has 0 radical (unpaired) electrons. The van der Waals surface area contributed by atoms with Crippen LogP contribution in [0.15, 0.2) is 30.3 Å². The molecule has 3 fully saturated rings. The summed E-state index contributed by atoms with van der Waals surface area (Å²) >= 11 is 0. The van der Waals surface area contributed by atoms with E-state index in [0.717, 1.165) is 54.9 Å². The van der Waals surface area contributed by atoms with Crippen molar-refractivity contribution in [2.24, 2.45) is 11.3 Å². The van der Waals surface area contributed by atoms with Gasteiger partial charge in [0, 0.05) is 29.2 Å². The highest BCUT2D eigenvalue weighted by atomic mass is 16.6. The molecule has 1 N–H and O–H groups in total. The fourth-order valence-electron chi connectivity index (χ4n) is 5.35. The van der Waals surface area contributed by atoms with Gasteiger partial charge in [0.25, 0.3) is 0 Å². The van der Waals surface area contributed by atoms with E-state index < -0.39 is 0 Å². The summed E-state index contributed by atoms with van der Waals surface area (Å²) in [6.45, 7) is 7.74. The maximum atomic E-state index is 13.0. The van der Waals surface area contributed by atoms with Gasteiger partial charge in [-0.05, 0) is 49.5 Å². The first-order chi connectivity index (χ1) is 16.4. The number of carbonyl (C=O) groups excluding carboxylic acids is 1. The third-order valence-corrected chi connectivity index (χ3v) is 7.37. The second kappa shape index (κ2) is 8.98. The normalized spacial score (nSPS) is 26.7. The number of piperidine rings is 3. The number of amides is 1. The maximum Gasteiger partial charge on any atom is 0.407 e. The number of alkyl carbamates (subject to hydrolysis) is 1. The molecule has 3 saturated heterocycles. The van der Waals surface area contributed by atoms with E-state index in [-0.39, 0.29) is 23.7 Å². The molecule has 1 unspecified atom stereocenters. The molecule has 1 amide bonds. The molecule has 2 bridgehead atoms. The molecule has 34 heavy (non-hydrogen) atoms. The second-order valence-electron chi connectivity index (χ2n) is 10.1. The van der Waals surface area contributed by atoms with Gasteiger partial charge in [-0.3, -0.25) is 4.90 Å². The van der Waals surface area contributed by atoms with Crippen LogP contribution in [0.25, 0.3) is 11.1 Å². The van der Waals surface area contributed by atoms with Gasteiger partial charge in [0.15, 0.2) is 0 Å². The zero-order valence-corrected chi connectivity index (χ0v) is 20.3. The van der Waals surface area contributed by atoms with Crippen LogP contribution in [-0.4, -0.2) is 62.5 Å². The van der Waals surface area contributed by atoms with E-state index in [1.165, 1.54) is 0 Å². The molecular formula is C26H33N3O5. The average Bonchev–Trinajstić information content (AvgIpc) is 2.86. The predicted molar refractivity (Wildman–Crippen MR) is 127 cm³/mol. The number of methoxy groups -OCH3 is 2. The van der Waals surface area contributed by atoms with Crippen LogP contribution >= 0.6 is 0 Å². The van der Waals surface area contributed by atoms with E-state index in [0.29, 0.717) is 24.3 Å². The summed E-state index contributed by atoms with van der Waals surface area (Å²) in [5.74, 6) is 2.18. The fraction of sp³-hybridized carbons (Fsp3) is 0.538. The molecule has 8 heteroatoms. The topological polar surface area (TPSA) is 82.2 Å². The van der Waals surface area contributed by atoms with Crippen molar-refractivity contribution in [3.8, 4) is 28.6 Å². The lowest BCUT2D eigenvalue weighted by Crippen LogP contribution is -2.53. The zero-order valence-electron chi connectivity index (χ0n) is 20.3. The first-order valence-electron chi connectivity index (χ1n) is 11.9. The molecule has 4 aliphatic rings. The van der Waals surface area contributed by atoms with Crippen molar-refractivity contribution in [3.63, 3.8) is 0 Å². The Labute approximate surface area is 200 Å². The molecule has 1 aromatic heterocycles. The summed E-state index contributed by atoms with van der Waals surface area (Å²) in [6.07, 6.45) is 1.84. The second-order valence-corrected chi connectivity index (χ2v) is 10.1. The van der Waals surface area contributed by atoms with Crippen LogP contribution < -0.4 is 19.5 Å². The number of hydrogen-bond donors (Lipinski definition) is 1. The molecular weight excluding hydrogens is 434 g/mol. The van der Waals surface area contributed by atoms with E-state index >= 15 is 0 Å². The highest BCUT2D eigenvalue weighted by Gasteiger charge is 2.41. The smallest absolute Gasteiger partial charge is 0.407 e. The lowest BCUT2D eigenvalue weighted by atomic mass is 9.78. The lowest BCUT2D eigenvalue weighted by Gasteiger charge is -2.44. The van der Waals surface area contributed by atoms with Crippen molar-refractivity contribution in [2.75, 3.05) is 40.5 Å². The van der Waals surface area contributed by atoms with E-state index in [1.807, 2.05) is 24.3 Å². The number of pyridine rings is 1. The van der Waals surface area contributed by atoms with E-state index in [4.69, 9.17) is 18.9 Å². The van der Waals surface area contributed by atoms with Gasteiger partial charge >= 0.3 is 6.09 Å². The lowest BCUT2D eigenvalue weighted by molar-refractivity contribution is -0.0361. The largest absolute Gasteiger partial charge is 0.493 e. The predicted octanol–water partition coefficient (Wildman–Crippen LogP) is 4.05. The van der Waals surface area contributed by atoms with E-state index in [2.05, 4.69) is 29.0 Å². The molecule has 5 heterocycles. The van der Waals surface area contributed by atoms with Gasteiger partial charge in [0.2, 0.25) is 11.8 Å². The Hall–Kier alpha value is -3.00. The minimum atomic E-state index is -0.352. The summed E-state index contributed by atoms with van der Waals surface area (Å²) < 4.78 is 22.7. The minimum Gasteiger partial charge on any atom is -0.493 e. The SMILES string of the molecule is COc1ccc(-c2ccc3c(c2)OCC(C)(C)C3NC(=O)O[C@@H]2CN3CCC2CC3)c(OC)n1. The van der Waals surface area contributed by atoms with Gasteiger partial charge in [-0.15, -0.1) is 0 Å². The van der Waals surface area contributed by atoms with Crippen molar-refractivity contribution in [2.45, 2.75) is 38.8 Å². The van der Waals surface area contributed by atoms with Crippen LogP contribution in [-0.2, 0) is 4.74 Å². The number of nitrogens with one attached hydrogen (secondary N) is 1. The third-order valence-electron chi connectivity index (χ3n) is 7.37. The molecule has 2 aromatic rings. The molecule has 2 atom stereocenters. The Morgan fingerprint density at radius 2 is 1.94 bits per heavy atom. The summed E-state index contributed by atoms with van der Waals surface area (Å²) in [5, 5.41) is 3.16. The van der Waals surface area contributed by atoms with Crippen molar-refractivity contribution in [1.29, 1.82) is 0 Å². The quantitative estimate of drug-likeness (QED) is 0.711. The van der Waals surface area contributed by atoms with Gasteiger partial charge in [0.1, 0.15) is 11.9 Å². The van der Waals surface area contributed by atoms with Crippen molar-refractivity contribution in [3.05, 3.63) is 35.9 Å². The molecule has 0 aliphatic carbocycles.